The van der Waals surface area contributed by atoms with Crippen LogP contribution in [0.1, 0.15) is 11.1 Å². The largest absolute Gasteiger partial charge is 0.302 e. The van der Waals surface area contributed by atoms with Crippen molar-refractivity contribution in [3.05, 3.63) is 128 Å². The molecule has 0 amide bonds. The second kappa shape index (κ2) is 10.4. The van der Waals surface area contributed by atoms with E-state index in [2.05, 4.69) is 72.2 Å². The van der Waals surface area contributed by atoms with Crippen LogP contribution in [-0.4, -0.2) is 13.7 Å². The summed E-state index contributed by atoms with van der Waals surface area (Å²) in [7, 11) is 0. The summed E-state index contributed by atoms with van der Waals surface area (Å²) in [5.74, 6) is -2.01. The summed E-state index contributed by atoms with van der Waals surface area (Å²) in [4.78, 5) is 36.9. The fraction of sp³-hybridized carbons (Fsp3) is 0.0625. The third-order valence-electron chi connectivity index (χ3n) is 7.11. The summed E-state index contributed by atoms with van der Waals surface area (Å²) in [6.07, 6.45) is 1.58. The van der Waals surface area contributed by atoms with Crippen LogP contribution in [0.15, 0.2) is 93.6 Å². The van der Waals surface area contributed by atoms with Crippen molar-refractivity contribution in [2.24, 2.45) is 4.99 Å². The molecule has 0 fully saturated rings. The van der Waals surface area contributed by atoms with Crippen molar-refractivity contribution in [3.63, 3.8) is 0 Å². The van der Waals surface area contributed by atoms with Crippen LogP contribution in [0, 0.1) is 25.5 Å². The van der Waals surface area contributed by atoms with E-state index in [1.54, 1.807) is 17.5 Å². The van der Waals surface area contributed by atoms with E-state index in [9.17, 15) is 18.4 Å². The zero-order valence-corrected chi connectivity index (χ0v) is 24.3. The number of pyridine rings is 1. The lowest BCUT2D eigenvalue weighted by molar-refractivity contribution is 0.592. The molecule has 0 bridgehead atoms. The van der Waals surface area contributed by atoms with E-state index in [4.69, 9.17) is 0 Å². The second-order valence-electron chi connectivity index (χ2n) is 10.0. The maximum Gasteiger partial charge on any atom is 0.252 e. The number of anilines is 3. The van der Waals surface area contributed by atoms with Gasteiger partial charge in [-0.15, -0.1) is 11.3 Å². The Kier molecular flexibility index (Phi) is 6.48. The molecule has 0 saturated carbocycles. The van der Waals surface area contributed by atoms with Crippen LogP contribution in [0.5, 0.6) is 0 Å². The van der Waals surface area contributed by atoms with Gasteiger partial charge in [0.2, 0.25) is 5.43 Å². The number of hydrogen-bond acceptors (Lipinski definition) is 9. The Hall–Kier alpha value is -5.00. The van der Waals surface area contributed by atoms with E-state index < -0.39 is 27.9 Å². The van der Waals surface area contributed by atoms with Crippen LogP contribution in [0.2, 0.25) is 0 Å². The number of benzene rings is 3. The van der Waals surface area contributed by atoms with Gasteiger partial charge in [0.05, 0.1) is 17.1 Å². The van der Waals surface area contributed by atoms with E-state index in [-0.39, 0.29) is 16.6 Å². The summed E-state index contributed by atoms with van der Waals surface area (Å²) in [6, 6.07) is 22.1. The minimum absolute atomic E-state index is 0.0267. The number of rotatable bonds is 5. The second-order valence-corrected chi connectivity index (χ2v) is 11.6. The molecule has 0 radical (unpaired) electrons. The van der Waals surface area contributed by atoms with Gasteiger partial charge in [0, 0.05) is 39.5 Å². The van der Waals surface area contributed by atoms with E-state index in [1.165, 1.54) is 0 Å². The van der Waals surface area contributed by atoms with Gasteiger partial charge in [-0.3, -0.25) is 9.59 Å². The van der Waals surface area contributed by atoms with Crippen LogP contribution in [0.4, 0.5) is 31.0 Å². The van der Waals surface area contributed by atoms with Crippen molar-refractivity contribution in [2.75, 3.05) is 4.90 Å². The molecule has 0 N–H and O–H groups in total. The predicted molar refractivity (Wildman–Crippen MR) is 167 cm³/mol. The molecular formula is C32H19F2N5O2S2. The first-order valence-corrected chi connectivity index (χ1v) is 14.7. The molecule has 0 aliphatic carbocycles. The maximum atomic E-state index is 14.3. The average Bonchev–Trinajstić information content (AvgIpc) is 3.72. The van der Waals surface area contributed by atoms with Crippen LogP contribution < -0.4 is 21.1 Å². The summed E-state index contributed by atoms with van der Waals surface area (Å²) < 4.78 is 37.1. The number of hydrogen-bond donors (Lipinski definition) is 0. The molecule has 0 unspecified atom stereocenters. The molecule has 7 nitrogen and oxygen atoms in total. The highest BCUT2D eigenvalue weighted by Gasteiger charge is 2.21. The Morgan fingerprint density at radius 1 is 0.791 bits per heavy atom. The SMILES string of the molecule is Cc1ccc(N(c2ccc(C)cc2)c2ccc(-c3cnc(N=c4c(=O)c(=O)c5c(F)cc(F)cc45)c4nsnc34)s2)cc1. The monoisotopic (exact) mass is 607 g/mol. The van der Waals surface area contributed by atoms with Gasteiger partial charge in [-0.1, -0.05) is 35.4 Å². The number of halogens is 2. The first kappa shape index (κ1) is 26.9. The van der Waals surface area contributed by atoms with Gasteiger partial charge < -0.3 is 4.90 Å². The molecule has 0 aliphatic heterocycles. The summed E-state index contributed by atoms with van der Waals surface area (Å²) in [5.41, 5.74) is 3.77. The summed E-state index contributed by atoms with van der Waals surface area (Å²) in [6.45, 7) is 4.10. The maximum absolute atomic E-state index is 14.3. The van der Waals surface area contributed by atoms with E-state index in [0.717, 1.165) is 50.2 Å². The Bertz CT molecular complexity index is 2290. The van der Waals surface area contributed by atoms with Crippen LogP contribution in [0.3, 0.4) is 0 Å². The van der Waals surface area contributed by atoms with Gasteiger partial charge >= 0.3 is 0 Å². The molecule has 0 atom stereocenters. The van der Waals surface area contributed by atoms with Crippen LogP contribution >= 0.6 is 23.1 Å². The summed E-state index contributed by atoms with van der Waals surface area (Å²) in [5, 5.41) is -0.102. The molecule has 4 aromatic carbocycles. The molecule has 3 heterocycles. The molecule has 7 rings (SSSR count). The fourth-order valence-electron chi connectivity index (χ4n) is 4.96. The summed E-state index contributed by atoms with van der Waals surface area (Å²) >= 11 is 2.50. The van der Waals surface area contributed by atoms with Crippen molar-refractivity contribution in [1.29, 1.82) is 0 Å². The van der Waals surface area contributed by atoms with Gasteiger partial charge in [0.1, 0.15) is 33.0 Å². The molecule has 43 heavy (non-hydrogen) atoms. The van der Waals surface area contributed by atoms with Gasteiger partial charge in [-0.25, -0.2) is 18.8 Å². The lowest BCUT2D eigenvalue weighted by Crippen LogP contribution is -2.30. The minimum Gasteiger partial charge on any atom is -0.302 e. The quantitative estimate of drug-likeness (QED) is 0.193. The Labute approximate surface area is 250 Å². The number of aryl methyl sites for hydroxylation is 2. The van der Waals surface area contributed by atoms with Crippen molar-refractivity contribution in [1.82, 2.24) is 13.7 Å². The topological polar surface area (TPSA) is 88.4 Å². The third kappa shape index (κ3) is 4.62. The first-order valence-electron chi connectivity index (χ1n) is 13.1. The van der Waals surface area contributed by atoms with E-state index in [1.807, 2.05) is 26.0 Å². The Morgan fingerprint density at radius 3 is 2.12 bits per heavy atom. The van der Waals surface area contributed by atoms with Gasteiger partial charge in [0.25, 0.3) is 5.43 Å². The predicted octanol–water partition coefficient (Wildman–Crippen LogP) is 7.16. The van der Waals surface area contributed by atoms with Gasteiger partial charge in [0.15, 0.2) is 5.82 Å². The molecule has 210 valence electrons. The Morgan fingerprint density at radius 2 is 1.44 bits per heavy atom. The molecule has 0 saturated heterocycles. The number of thiophene rings is 1. The number of nitrogens with zero attached hydrogens (tertiary/aromatic N) is 5. The molecule has 0 spiro atoms. The zero-order chi connectivity index (χ0) is 29.8. The molecule has 0 aliphatic rings. The van der Waals surface area contributed by atoms with E-state index >= 15 is 0 Å². The first-order chi connectivity index (χ1) is 20.8. The standard InChI is InChI=1S/C32H19F2N5O2S2/c1-16-3-7-19(8-4-16)39(20-9-5-17(2)6-10-20)25-12-11-24(42-25)22-15-35-32(29-27(22)37-43-38-29)36-28-21-13-18(33)14-23(34)26(21)30(40)31(28)41/h3-15H,1-2H3. The molecule has 7 aromatic rings. The highest BCUT2D eigenvalue weighted by Crippen LogP contribution is 2.43. The molecule has 3 aromatic heterocycles. The molecule has 11 heteroatoms. The van der Waals surface area contributed by atoms with Crippen molar-refractivity contribution >= 4 is 67.1 Å². The lowest BCUT2D eigenvalue weighted by atomic mass is 10.1. The van der Waals surface area contributed by atoms with Crippen LogP contribution in [0.25, 0.3) is 32.2 Å². The van der Waals surface area contributed by atoms with Crippen molar-refractivity contribution < 1.29 is 8.78 Å². The zero-order valence-electron chi connectivity index (χ0n) is 22.6. The lowest BCUT2D eigenvalue weighted by Gasteiger charge is -2.24. The minimum atomic E-state index is -1.11. The van der Waals surface area contributed by atoms with E-state index in [0.29, 0.717) is 22.7 Å². The fourth-order valence-corrected chi connectivity index (χ4v) is 6.57. The highest BCUT2D eigenvalue weighted by atomic mass is 32.1. The number of aromatic nitrogens is 3. The van der Waals surface area contributed by atoms with Crippen LogP contribution in [-0.2, 0) is 0 Å². The Balaban J connectivity index is 1.35. The van der Waals surface area contributed by atoms with Gasteiger partial charge in [-0.2, -0.15) is 8.75 Å². The average molecular weight is 608 g/mol. The normalized spacial score (nSPS) is 12.0. The third-order valence-corrected chi connectivity index (χ3v) is 8.74. The van der Waals surface area contributed by atoms with Crippen molar-refractivity contribution in [3.8, 4) is 10.4 Å². The van der Waals surface area contributed by atoms with Gasteiger partial charge in [-0.05, 0) is 56.3 Å². The van der Waals surface area contributed by atoms with Crippen molar-refractivity contribution in [2.45, 2.75) is 13.8 Å². The smallest absolute Gasteiger partial charge is 0.252 e. The highest BCUT2D eigenvalue weighted by molar-refractivity contribution is 7.19. The number of fused-ring (bicyclic) bond motifs is 2. The molecular weight excluding hydrogens is 589 g/mol.